The van der Waals surface area contributed by atoms with Gasteiger partial charge in [-0.05, 0) is 0 Å². The first-order chi connectivity index (χ1) is 8.24. The smallest absolute Gasteiger partial charge is 0.311 e. The SMILES string of the molecule is O=C(O)Cc1nc2ncc3c(n2n1)CCNC3. The first-order valence-electron chi connectivity index (χ1n) is 5.39. The Morgan fingerprint density at radius 3 is 3.29 bits per heavy atom. The Hall–Kier alpha value is -2.02. The maximum Gasteiger partial charge on any atom is 0.311 e. The fraction of sp³-hybridized carbons (Fsp3) is 0.400. The molecule has 88 valence electrons. The van der Waals surface area contributed by atoms with Gasteiger partial charge in [-0.15, -0.1) is 5.10 Å². The second-order valence-corrected chi connectivity index (χ2v) is 3.97. The highest BCUT2D eigenvalue weighted by Crippen LogP contribution is 2.13. The minimum Gasteiger partial charge on any atom is -0.481 e. The van der Waals surface area contributed by atoms with Crippen molar-refractivity contribution >= 4 is 11.7 Å². The number of carboxylic acids is 1. The van der Waals surface area contributed by atoms with Crippen LogP contribution in [-0.2, 0) is 24.2 Å². The van der Waals surface area contributed by atoms with Crippen LogP contribution in [0.15, 0.2) is 6.20 Å². The number of carboxylic acid groups (broad SMARTS) is 1. The Balaban J connectivity index is 2.12. The van der Waals surface area contributed by atoms with Gasteiger partial charge >= 0.3 is 5.97 Å². The van der Waals surface area contributed by atoms with E-state index < -0.39 is 5.97 Å². The number of hydrogen-bond donors (Lipinski definition) is 2. The Morgan fingerprint density at radius 2 is 2.47 bits per heavy atom. The first kappa shape index (κ1) is 10.2. The van der Waals surface area contributed by atoms with E-state index in [1.54, 1.807) is 10.7 Å². The average Bonchev–Trinajstić information content (AvgIpc) is 2.70. The van der Waals surface area contributed by atoms with Crippen LogP contribution in [0, 0.1) is 0 Å². The van der Waals surface area contributed by atoms with Gasteiger partial charge in [-0.2, -0.15) is 4.98 Å². The summed E-state index contributed by atoms with van der Waals surface area (Å²) in [5, 5.41) is 16.2. The third-order valence-electron chi connectivity index (χ3n) is 2.76. The van der Waals surface area contributed by atoms with Gasteiger partial charge in [-0.1, -0.05) is 0 Å². The molecule has 0 atom stereocenters. The molecule has 0 unspecified atom stereocenters. The standard InChI is InChI=1S/C10H11N5O2/c16-9(17)3-8-13-10-12-5-6-4-11-2-1-7(6)15(10)14-8/h5,11H,1-4H2,(H,16,17). The van der Waals surface area contributed by atoms with Crippen LogP contribution in [0.25, 0.3) is 5.78 Å². The number of fused-ring (bicyclic) bond motifs is 3. The lowest BCUT2D eigenvalue weighted by molar-refractivity contribution is -0.136. The number of aliphatic carboxylic acids is 1. The number of hydrogen-bond acceptors (Lipinski definition) is 5. The molecule has 0 saturated carbocycles. The van der Waals surface area contributed by atoms with Crippen LogP contribution in [0.2, 0.25) is 0 Å². The lowest BCUT2D eigenvalue weighted by atomic mass is 10.1. The zero-order valence-electron chi connectivity index (χ0n) is 9.05. The van der Waals surface area contributed by atoms with Crippen molar-refractivity contribution in [2.24, 2.45) is 0 Å². The highest BCUT2D eigenvalue weighted by atomic mass is 16.4. The molecule has 1 aliphatic rings. The number of nitrogens with one attached hydrogen (secondary N) is 1. The van der Waals surface area contributed by atoms with Crippen molar-refractivity contribution < 1.29 is 9.90 Å². The largest absolute Gasteiger partial charge is 0.481 e. The van der Waals surface area contributed by atoms with E-state index in [1.807, 2.05) is 0 Å². The molecule has 2 N–H and O–H groups in total. The van der Waals surface area contributed by atoms with Gasteiger partial charge in [0.25, 0.3) is 5.78 Å². The minimum absolute atomic E-state index is 0.170. The molecule has 3 heterocycles. The van der Waals surface area contributed by atoms with Crippen molar-refractivity contribution in [3.05, 3.63) is 23.3 Å². The molecule has 0 amide bonds. The predicted octanol–water partition coefficient (Wildman–Crippen LogP) is -0.603. The van der Waals surface area contributed by atoms with Gasteiger partial charge in [0.15, 0.2) is 5.82 Å². The van der Waals surface area contributed by atoms with Crippen molar-refractivity contribution in [1.82, 2.24) is 24.9 Å². The van der Waals surface area contributed by atoms with Crippen LogP contribution in [0.5, 0.6) is 0 Å². The summed E-state index contributed by atoms with van der Waals surface area (Å²) >= 11 is 0. The van der Waals surface area contributed by atoms with Crippen LogP contribution >= 0.6 is 0 Å². The van der Waals surface area contributed by atoms with Crippen LogP contribution in [0.1, 0.15) is 17.1 Å². The molecule has 0 radical (unpaired) electrons. The molecule has 0 saturated heterocycles. The number of aromatic nitrogens is 4. The third-order valence-corrected chi connectivity index (χ3v) is 2.76. The second kappa shape index (κ2) is 3.77. The molecular formula is C10H11N5O2. The fourth-order valence-corrected chi connectivity index (χ4v) is 2.01. The van der Waals surface area contributed by atoms with Crippen molar-refractivity contribution in [3.8, 4) is 0 Å². The fourth-order valence-electron chi connectivity index (χ4n) is 2.01. The van der Waals surface area contributed by atoms with Crippen molar-refractivity contribution in [2.75, 3.05) is 6.54 Å². The molecule has 2 aromatic rings. The van der Waals surface area contributed by atoms with Gasteiger partial charge in [0.2, 0.25) is 0 Å². The highest BCUT2D eigenvalue weighted by molar-refractivity contribution is 5.69. The molecule has 0 spiro atoms. The monoisotopic (exact) mass is 233 g/mol. The molecule has 17 heavy (non-hydrogen) atoms. The molecule has 1 aliphatic heterocycles. The molecule has 3 rings (SSSR count). The molecule has 0 aliphatic carbocycles. The van der Waals surface area contributed by atoms with Crippen LogP contribution in [0.4, 0.5) is 0 Å². The van der Waals surface area contributed by atoms with Gasteiger partial charge in [0, 0.05) is 31.3 Å². The lowest BCUT2D eigenvalue weighted by Crippen LogP contribution is -2.26. The molecule has 7 heteroatoms. The highest BCUT2D eigenvalue weighted by Gasteiger charge is 2.16. The summed E-state index contributed by atoms with van der Waals surface area (Å²) in [7, 11) is 0. The molecule has 2 aromatic heterocycles. The number of nitrogens with zero attached hydrogens (tertiary/aromatic N) is 4. The van der Waals surface area contributed by atoms with Crippen molar-refractivity contribution in [3.63, 3.8) is 0 Å². The van der Waals surface area contributed by atoms with Gasteiger partial charge in [-0.3, -0.25) is 4.79 Å². The minimum atomic E-state index is -0.934. The van der Waals surface area contributed by atoms with E-state index in [9.17, 15) is 4.79 Å². The Bertz CT molecular complexity index is 592. The summed E-state index contributed by atoms with van der Waals surface area (Å²) in [6.45, 7) is 1.66. The Morgan fingerprint density at radius 1 is 1.59 bits per heavy atom. The first-order valence-corrected chi connectivity index (χ1v) is 5.39. The third kappa shape index (κ3) is 1.74. The number of rotatable bonds is 2. The maximum absolute atomic E-state index is 10.6. The van der Waals surface area contributed by atoms with E-state index in [2.05, 4.69) is 20.4 Å². The molecular weight excluding hydrogens is 222 g/mol. The van der Waals surface area contributed by atoms with Crippen LogP contribution in [-0.4, -0.2) is 37.2 Å². The zero-order valence-corrected chi connectivity index (χ0v) is 9.05. The maximum atomic E-state index is 10.6. The summed E-state index contributed by atoms with van der Waals surface area (Å²) < 4.78 is 1.66. The summed E-state index contributed by atoms with van der Waals surface area (Å²) in [4.78, 5) is 18.9. The predicted molar refractivity (Wildman–Crippen MR) is 57.5 cm³/mol. The van der Waals surface area contributed by atoms with E-state index in [1.165, 1.54) is 0 Å². The molecule has 0 fully saturated rings. The van der Waals surface area contributed by atoms with E-state index in [-0.39, 0.29) is 6.42 Å². The zero-order chi connectivity index (χ0) is 11.8. The van der Waals surface area contributed by atoms with E-state index in [0.717, 1.165) is 30.8 Å². The quantitative estimate of drug-likeness (QED) is 0.719. The average molecular weight is 233 g/mol. The van der Waals surface area contributed by atoms with Crippen LogP contribution < -0.4 is 5.32 Å². The topological polar surface area (TPSA) is 92.4 Å². The van der Waals surface area contributed by atoms with Gasteiger partial charge in [0.1, 0.15) is 6.42 Å². The van der Waals surface area contributed by atoms with E-state index in [4.69, 9.17) is 5.11 Å². The van der Waals surface area contributed by atoms with Crippen molar-refractivity contribution in [1.29, 1.82) is 0 Å². The summed E-state index contributed by atoms with van der Waals surface area (Å²) in [6.07, 6.45) is 2.46. The van der Waals surface area contributed by atoms with E-state index in [0.29, 0.717) is 11.6 Å². The van der Waals surface area contributed by atoms with E-state index >= 15 is 0 Å². The molecule has 0 aromatic carbocycles. The summed E-state index contributed by atoms with van der Waals surface area (Å²) in [6, 6.07) is 0. The summed E-state index contributed by atoms with van der Waals surface area (Å²) in [5.74, 6) is -0.157. The Labute approximate surface area is 96.5 Å². The van der Waals surface area contributed by atoms with Crippen LogP contribution in [0.3, 0.4) is 0 Å². The molecule has 7 nitrogen and oxygen atoms in total. The van der Waals surface area contributed by atoms with Crippen molar-refractivity contribution in [2.45, 2.75) is 19.4 Å². The van der Waals surface area contributed by atoms with Gasteiger partial charge in [0.05, 0.1) is 5.69 Å². The number of carbonyl (C=O) groups is 1. The second-order valence-electron chi connectivity index (χ2n) is 3.97. The summed E-state index contributed by atoms with van der Waals surface area (Å²) in [5.41, 5.74) is 2.16. The lowest BCUT2D eigenvalue weighted by Gasteiger charge is -2.16. The van der Waals surface area contributed by atoms with Gasteiger partial charge in [-0.25, -0.2) is 9.50 Å². The normalized spacial score (nSPS) is 14.8. The Kier molecular flexibility index (Phi) is 2.25. The molecule has 0 bridgehead atoms. The van der Waals surface area contributed by atoms with Gasteiger partial charge < -0.3 is 10.4 Å².